The number of carbonyl (C=O) groups excluding carboxylic acids is 1. The second-order valence-electron chi connectivity index (χ2n) is 7.00. The van der Waals surface area contributed by atoms with Crippen LogP contribution >= 0.6 is 0 Å². The molecule has 2 fully saturated rings. The van der Waals surface area contributed by atoms with Crippen molar-refractivity contribution in [1.29, 1.82) is 0 Å². The fourth-order valence-electron chi connectivity index (χ4n) is 3.65. The predicted octanol–water partition coefficient (Wildman–Crippen LogP) is 2.33. The Hall–Kier alpha value is -1.83. The number of amides is 1. The Morgan fingerprint density at radius 1 is 1.16 bits per heavy atom. The van der Waals surface area contributed by atoms with Gasteiger partial charge in [-0.05, 0) is 31.9 Å². The second-order valence-corrected chi connectivity index (χ2v) is 7.00. The number of aromatic nitrogens is 1. The topological polar surface area (TPSA) is 62.5 Å². The summed E-state index contributed by atoms with van der Waals surface area (Å²) in [5.41, 5.74) is 5.10. The molecule has 0 atom stereocenters. The maximum Gasteiger partial charge on any atom is 0.416 e. The van der Waals surface area contributed by atoms with Crippen molar-refractivity contribution in [3.63, 3.8) is 0 Å². The highest BCUT2D eigenvalue weighted by molar-refractivity contribution is 5.86. The molecular formula is C17H23F3N4O. The molecule has 2 aliphatic rings. The summed E-state index contributed by atoms with van der Waals surface area (Å²) in [6.45, 7) is 3.37. The summed E-state index contributed by atoms with van der Waals surface area (Å²) in [6.07, 6.45) is -1.04. The Labute approximate surface area is 145 Å². The maximum absolute atomic E-state index is 13.0. The van der Waals surface area contributed by atoms with Crippen LogP contribution in [0.15, 0.2) is 12.1 Å². The molecule has 0 unspecified atom stereocenters. The quantitative estimate of drug-likeness (QED) is 0.883. The molecule has 0 spiro atoms. The van der Waals surface area contributed by atoms with Crippen LogP contribution in [0.2, 0.25) is 0 Å². The standard InChI is InChI=1S/C17H23F3N4O/c1-12-10-13(17(18,19)20)11-14(22-12)23-6-8-24(9-7-23)15(25)16(21)4-2-3-5-16/h10-11H,2-9,21H2,1H3. The smallest absolute Gasteiger partial charge is 0.353 e. The number of alkyl halides is 3. The molecule has 1 aliphatic carbocycles. The van der Waals surface area contributed by atoms with E-state index >= 15 is 0 Å². The summed E-state index contributed by atoms with van der Waals surface area (Å²) in [5, 5.41) is 0. The van der Waals surface area contributed by atoms with E-state index < -0.39 is 17.3 Å². The largest absolute Gasteiger partial charge is 0.416 e. The number of pyridine rings is 1. The van der Waals surface area contributed by atoms with Crippen LogP contribution in [-0.4, -0.2) is 47.5 Å². The zero-order valence-electron chi connectivity index (χ0n) is 14.3. The third-order valence-electron chi connectivity index (χ3n) is 5.08. The van der Waals surface area contributed by atoms with Gasteiger partial charge in [0.1, 0.15) is 5.82 Å². The highest BCUT2D eigenvalue weighted by Crippen LogP contribution is 2.32. The highest BCUT2D eigenvalue weighted by atomic mass is 19.4. The van der Waals surface area contributed by atoms with Crippen molar-refractivity contribution in [3.05, 3.63) is 23.4 Å². The molecule has 0 radical (unpaired) electrons. The summed E-state index contributed by atoms with van der Waals surface area (Å²) in [5.74, 6) is 0.278. The second kappa shape index (κ2) is 6.48. The molecule has 8 heteroatoms. The molecule has 1 aromatic rings. The molecule has 138 valence electrons. The van der Waals surface area contributed by atoms with E-state index in [9.17, 15) is 18.0 Å². The monoisotopic (exact) mass is 356 g/mol. The van der Waals surface area contributed by atoms with Crippen LogP contribution in [-0.2, 0) is 11.0 Å². The molecule has 2 heterocycles. The first-order valence-electron chi connectivity index (χ1n) is 8.58. The highest BCUT2D eigenvalue weighted by Gasteiger charge is 2.40. The van der Waals surface area contributed by atoms with Gasteiger partial charge < -0.3 is 15.5 Å². The first kappa shape index (κ1) is 18.0. The molecule has 2 N–H and O–H groups in total. The molecule has 1 aromatic heterocycles. The summed E-state index contributed by atoms with van der Waals surface area (Å²) in [4.78, 5) is 20.4. The van der Waals surface area contributed by atoms with E-state index in [2.05, 4.69) is 4.98 Å². The summed E-state index contributed by atoms with van der Waals surface area (Å²) < 4.78 is 39.0. The molecule has 5 nitrogen and oxygen atoms in total. The van der Waals surface area contributed by atoms with Crippen LogP contribution in [0.3, 0.4) is 0 Å². The van der Waals surface area contributed by atoms with E-state index in [0.717, 1.165) is 25.0 Å². The van der Waals surface area contributed by atoms with Crippen molar-refractivity contribution in [2.24, 2.45) is 5.73 Å². The summed E-state index contributed by atoms with van der Waals surface area (Å²) >= 11 is 0. The number of piperazine rings is 1. The van der Waals surface area contributed by atoms with Gasteiger partial charge in [-0.15, -0.1) is 0 Å². The lowest BCUT2D eigenvalue weighted by molar-refractivity contribution is -0.138. The first-order valence-corrected chi connectivity index (χ1v) is 8.58. The molecule has 0 bridgehead atoms. The van der Waals surface area contributed by atoms with Crippen molar-refractivity contribution in [3.8, 4) is 0 Å². The lowest BCUT2D eigenvalue weighted by Crippen LogP contribution is -2.58. The first-order chi connectivity index (χ1) is 11.7. The van der Waals surface area contributed by atoms with E-state index in [1.165, 1.54) is 0 Å². The average molecular weight is 356 g/mol. The van der Waals surface area contributed by atoms with Gasteiger partial charge in [-0.3, -0.25) is 4.79 Å². The zero-order valence-corrected chi connectivity index (χ0v) is 14.3. The van der Waals surface area contributed by atoms with Crippen LogP contribution in [0.1, 0.15) is 36.9 Å². The number of anilines is 1. The van der Waals surface area contributed by atoms with Gasteiger partial charge in [0.05, 0.1) is 11.1 Å². The van der Waals surface area contributed by atoms with Crippen LogP contribution in [0, 0.1) is 6.92 Å². The summed E-state index contributed by atoms with van der Waals surface area (Å²) in [7, 11) is 0. The zero-order chi connectivity index (χ0) is 18.2. The number of aryl methyl sites for hydroxylation is 1. The van der Waals surface area contributed by atoms with Crippen molar-refractivity contribution in [2.75, 3.05) is 31.1 Å². The number of nitrogens with two attached hydrogens (primary N) is 1. The lowest BCUT2D eigenvalue weighted by atomic mass is 9.97. The minimum atomic E-state index is -4.39. The van der Waals surface area contributed by atoms with E-state index in [4.69, 9.17) is 5.73 Å². The van der Waals surface area contributed by atoms with Gasteiger partial charge in [0, 0.05) is 31.9 Å². The number of carbonyl (C=O) groups is 1. The Morgan fingerprint density at radius 2 is 1.76 bits per heavy atom. The van der Waals surface area contributed by atoms with Gasteiger partial charge in [-0.1, -0.05) is 12.8 Å². The van der Waals surface area contributed by atoms with E-state index in [-0.39, 0.29) is 5.91 Å². The SMILES string of the molecule is Cc1cc(C(F)(F)F)cc(N2CCN(C(=O)C3(N)CCCC3)CC2)n1. The number of nitrogens with zero attached hydrogens (tertiary/aromatic N) is 3. The number of hydrogen-bond acceptors (Lipinski definition) is 4. The average Bonchev–Trinajstić information content (AvgIpc) is 3.01. The molecule has 25 heavy (non-hydrogen) atoms. The molecule has 1 amide bonds. The van der Waals surface area contributed by atoms with E-state index in [1.807, 2.05) is 0 Å². The van der Waals surface area contributed by atoms with Crippen molar-refractivity contribution >= 4 is 11.7 Å². The lowest BCUT2D eigenvalue weighted by Gasteiger charge is -2.39. The molecular weight excluding hydrogens is 333 g/mol. The fraction of sp³-hybridized carbons (Fsp3) is 0.647. The Morgan fingerprint density at radius 3 is 2.32 bits per heavy atom. The third-order valence-corrected chi connectivity index (χ3v) is 5.08. The van der Waals surface area contributed by atoms with E-state index in [1.54, 1.807) is 16.7 Å². The Balaban J connectivity index is 1.68. The summed E-state index contributed by atoms with van der Waals surface area (Å²) in [6, 6.07) is 2.12. The molecule has 3 rings (SSSR count). The van der Waals surface area contributed by atoms with Gasteiger partial charge in [0.25, 0.3) is 0 Å². The molecule has 1 saturated heterocycles. The minimum Gasteiger partial charge on any atom is -0.353 e. The minimum absolute atomic E-state index is 0.0298. The van der Waals surface area contributed by atoms with Crippen molar-refractivity contribution in [2.45, 2.75) is 44.3 Å². The van der Waals surface area contributed by atoms with Gasteiger partial charge in [-0.2, -0.15) is 13.2 Å². The Kier molecular flexibility index (Phi) is 4.66. The number of rotatable bonds is 2. The van der Waals surface area contributed by atoms with Crippen LogP contribution < -0.4 is 10.6 Å². The van der Waals surface area contributed by atoms with Crippen molar-refractivity contribution in [1.82, 2.24) is 9.88 Å². The Bertz CT molecular complexity index is 648. The van der Waals surface area contributed by atoms with Gasteiger partial charge >= 0.3 is 6.18 Å². The van der Waals surface area contributed by atoms with Gasteiger partial charge in [-0.25, -0.2) is 4.98 Å². The molecule has 0 aromatic carbocycles. The normalized spacial score (nSPS) is 20.8. The van der Waals surface area contributed by atoms with E-state index in [0.29, 0.717) is 50.5 Å². The molecule has 1 aliphatic heterocycles. The van der Waals surface area contributed by atoms with Gasteiger partial charge in [0.15, 0.2) is 0 Å². The van der Waals surface area contributed by atoms with Crippen LogP contribution in [0.4, 0.5) is 19.0 Å². The number of halogens is 3. The molecule has 1 saturated carbocycles. The maximum atomic E-state index is 13.0. The van der Waals surface area contributed by atoms with Crippen LogP contribution in [0.25, 0.3) is 0 Å². The van der Waals surface area contributed by atoms with Gasteiger partial charge in [0.2, 0.25) is 5.91 Å². The third kappa shape index (κ3) is 3.73. The van der Waals surface area contributed by atoms with Crippen molar-refractivity contribution < 1.29 is 18.0 Å². The predicted molar refractivity (Wildman–Crippen MR) is 88.2 cm³/mol. The fourth-order valence-corrected chi connectivity index (χ4v) is 3.65. The number of hydrogen-bond donors (Lipinski definition) is 1. The van der Waals surface area contributed by atoms with Crippen LogP contribution in [0.5, 0.6) is 0 Å².